The smallest absolute Gasteiger partial charge is 0.315 e. The lowest BCUT2D eigenvalue weighted by Gasteiger charge is -2.17. The number of benzene rings is 1. The zero-order chi connectivity index (χ0) is 17.2. The molecule has 0 radical (unpaired) electrons. The molecule has 8 nitrogen and oxygen atoms in total. The monoisotopic (exact) mass is 343 g/mol. The molecule has 2 fully saturated rings. The number of carbonyl (C=O) groups is 1. The third-order valence-electron chi connectivity index (χ3n) is 4.60. The SMILES string of the molecule is CCNC(=O)N[C@H]1CO[C@H]2[C@@H]1OC[C@@H]2n1cc(-c2ccccc2)nn1. The Kier molecular flexibility index (Phi) is 4.37. The Bertz CT molecular complexity index is 735. The van der Waals surface area contributed by atoms with Crippen LogP contribution < -0.4 is 10.6 Å². The van der Waals surface area contributed by atoms with Crippen molar-refractivity contribution in [3.05, 3.63) is 36.5 Å². The molecule has 2 N–H and O–H groups in total. The van der Waals surface area contributed by atoms with E-state index in [0.717, 1.165) is 11.3 Å². The zero-order valence-corrected chi connectivity index (χ0v) is 14.0. The van der Waals surface area contributed by atoms with Gasteiger partial charge in [0.05, 0.1) is 25.5 Å². The summed E-state index contributed by atoms with van der Waals surface area (Å²) < 4.78 is 13.6. The average Bonchev–Trinajstić information content (AvgIpc) is 3.33. The first kappa shape index (κ1) is 16.0. The molecule has 2 saturated heterocycles. The second-order valence-corrected chi connectivity index (χ2v) is 6.22. The minimum Gasteiger partial charge on any atom is -0.371 e. The second kappa shape index (κ2) is 6.81. The van der Waals surface area contributed by atoms with Crippen molar-refractivity contribution in [3.63, 3.8) is 0 Å². The molecule has 0 bridgehead atoms. The number of ether oxygens (including phenoxy) is 2. The molecule has 0 aliphatic carbocycles. The molecular formula is C17H21N5O3. The van der Waals surface area contributed by atoms with Crippen molar-refractivity contribution < 1.29 is 14.3 Å². The number of hydrogen-bond donors (Lipinski definition) is 2. The Morgan fingerprint density at radius 3 is 2.84 bits per heavy atom. The highest BCUT2D eigenvalue weighted by molar-refractivity contribution is 5.74. The standard InChI is InChI=1S/C17H21N5O3/c1-2-18-17(23)19-13-9-24-16-14(10-25-15(13)16)22-8-12(20-21-22)11-6-4-3-5-7-11/h3-8,13-16H,2,9-10H2,1H3,(H2,18,19,23)/t13-,14-,15+,16+/m0/s1. The molecule has 0 unspecified atom stereocenters. The maximum absolute atomic E-state index is 11.7. The highest BCUT2D eigenvalue weighted by Crippen LogP contribution is 2.34. The third-order valence-corrected chi connectivity index (χ3v) is 4.60. The van der Waals surface area contributed by atoms with Crippen molar-refractivity contribution in [2.45, 2.75) is 31.2 Å². The van der Waals surface area contributed by atoms with Gasteiger partial charge >= 0.3 is 6.03 Å². The van der Waals surface area contributed by atoms with Crippen LogP contribution in [0.3, 0.4) is 0 Å². The van der Waals surface area contributed by atoms with Crippen LogP contribution in [0.4, 0.5) is 4.79 Å². The summed E-state index contributed by atoms with van der Waals surface area (Å²) in [6.07, 6.45) is 1.61. The van der Waals surface area contributed by atoms with E-state index in [1.165, 1.54) is 0 Å². The molecule has 1 aromatic carbocycles. The number of amides is 2. The van der Waals surface area contributed by atoms with E-state index in [4.69, 9.17) is 9.47 Å². The number of hydrogen-bond acceptors (Lipinski definition) is 5. The first-order valence-corrected chi connectivity index (χ1v) is 8.51. The first-order chi connectivity index (χ1) is 12.3. The molecular weight excluding hydrogens is 322 g/mol. The first-order valence-electron chi connectivity index (χ1n) is 8.51. The van der Waals surface area contributed by atoms with Gasteiger partial charge in [-0.15, -0.1) is 5.10 Å². The molecule has 2 aliphatic rings. The van der Waals surface area contributed by atoms with E-state index in [9.17, 15) is 4.79 Å². The quantitative estimate of drug-likeness (QED) is 0.863. The van der Waals surface area contributed by atoms with E-state index >= 15 is 0 Å². The molecule has 25 heavy (non-hydrogen) atoms. The summed E-state index contributed by atoms with van der Waals surface area (Å²) in [6.45, 7) is 3.38. The summed E-state index contributed by atoms with van der Waals surface area (Å²) >= 11 is 0. The van der Waals surface area contributed by atoms with Crippen LogP contribution in [0, 0.1) is 0 Å². The minimum atomic E-state index is -0.198. The van der Waals surface area contributed by atoms with Gasteiger partial charge in [-0.1, -0.05) is 35.5 Å². The second-order valence-electron chi connectivity index (χ2n) is 6.22. The fourth-order valence-corrected chi connectivity index (χ4v) is 3.39. The van der Waals surface area contributed by atoms with Crippen LogP contribution in [0.5, 0.6) is 0 Å². The van der Waals surface area contributed by atoms with Gasteiger partial charge in [0.25, 0.3) is 0 Å². The number of aromatic nitrogens is 3. The topological polar surface area (TPSA) is 90.3 Å². The number of fused-ring (bicyclic) bond motifs is 1. The molecule has 3 heterocycles. The maximum Gasteiger partial charge on any atom is 0.315 e. The predicted molar refractivity (Wildman–Crippen MR) is 90.0 cm³/mol. The van der Waals surface area contributed by atoms with Crippen molar-refractivity contribution >= 4 is 6.03 Å². The van der Waals surface area contributed by atoms with Gasteiger partial charge in [-0.25, -0.2) is 9.48 Å². The summed E-state index contributed by atoms with van der Waals surface area (Å²) in [4.78, 5) is 11.7. The Labute approximate surface area is 145 Å². The molecule has 0 spiro atoms. The third kappa shape index (κ3) is 3.10. The van der Waals surface area contributed by atoms with Crippen LogP contribution in [-0.2, 0) is 9.47 Å². The maximum atomic E-state index is 11.7. The van der Waals surface area contributed by atoms with Crippen LogP contribution in [0.15, 0.2) is 36.5 Å². The zero-order valence-electron chi connectivity index (χ0n) is 14.0. The van der Waals surface area contributed by atoms with Crippen LogP contribution >= 0.6 is 0 Å². The van der Waals surface area contributed by atoms with E-state index in [1.54, 1.807) is 0 Å². The van der Waals surface area contributed by atoms with Crippen molar-refractivity contribution in [2.75, 3.05) is 19.8 Å². The van der Waals surface area contributed by atoms with E-state index in [2.05, 4.69) is 20.9 Å². The van der Waals surface area contributed by atoms with Crippen LogP contribution in [-0.4, -0.2) is 59.0 Å². The molecule has 2 aliphatic heterocycles. The molecule has 8 heteroatoms. The lowest BCUT2D eigenvalue weighted by atomic mass is 10.1. The highest BCUT2D eigenvalue weighted by Gasteiger charge is 2.49. The summed E-state index contributed by atoms with van der Waals surface area (Å²) in [5.74, 6) is 0. The molecule has 0 saturated carbocycles. The number of urea groups is 1. The Balaban J connectivity index is 1.45. The largest absolute Gasteiger partial charge is 0.371 e. The van der Waals surface area contributed by atoms with Crippen molar-refractivity contribution in [1.82, 2.24) is 25.6 Å². The number of nitrogens with one attached hydrogen (secondary N) is 2. The van der Waals surface area contributed by atoms with Gasteiger partial charge in [0.2, 0.25) is 0 Å². The molecule has 4 atom stereocenters. The average molecular weight is 343 g/mol. The number of rotatable bonds is 4. The Hall–Kier alpha value is -2.45. The Morgan fingerprint density at radius 1 is 1.24 bits per heavy atom. The minimum absolute atomic E-state index is 0.0454. The summed E-state index contributed by atoms with van der Waals surface area (Å²) in [5.41, 5.74) is 1.84. The van der Waals surface area contributed by atoms with Gasteiger partial charge in [-0.05, 0) is 6.92 Å². The molecule has 4 rings (SSSR count). The van der Waals surface area contributed by atoms with E-state index in [1.807, 2.05) is 48.1 Å². The fraction of sp³-hybridized carbons (Fsp3) is 0.471. The van der Waals surface area contributed by atoms with Gasteiger partial charge < -0.3 is 20.1 Å². The van der Waals surface area contributed by atoms with Crippen molar-refractivity contribution in [3.8, 4) is 11.3 Å². The Morgan fingerprint density at radius 2 is 2.04 bits per heavy atom. The number of nitrogens with zero attached hydrogens (tertiary/aromatic N) is 3. The van der Waals surface area contributed by atoms with Crippen molar-refractivity contribution in [1.29, 1.82) is 0 Å². The molecule has 2 aromatic rings. The van der Waals surface area contributed by atoms with Crippen molar-refractivity contribution in [2.24, 2.45) is 0 Å². The molecule has 132 valence electrons. The summed E-state index contributed by atoms with van der Waals surface area (Å²) in [5, 5.41) is 14.2. The summed E-state index contributed by atoms with van der Waals surface area (Å²) in [6, 6.07) is 9.52. The lowest BCUT2D eigenvalue weighted by molar-refractivity contribution is 0.0622. The lowest BCUT2D eigenvalue weighted by Crippen LogP contribution is -2.48. The number of carbonyl (C=O) groups excluding carboxylic acids is 1. The normalized spacial score (nSPS) is 27.9. The fourth-order valence-electron chi connectivity index (χ4n) is 3.39. The van der Waals surface area contributed by atoms with Gasteiger partial charge in [0.15, 0.2) is 0 Å². The van der Waals surface area contributed by atoms with Gasteiger partial charge in [0, 0.05) is 12.1 Å². The van der Waals surface area contributed by atoms with Gasteiger partial charge in [0.1, 0.15) is 23.9 Å². The van der Waals surface area contributed by atoms with Crippen LogP contribution in [0.2, 0.25) is 0 Å². The van der Waals surface area contributed by atoms with E-state index < -0.39 is 0 Å². The van der Waals surface area contributed by atoms with E-state index in [-0.39, 0.29) is 30.3 Å². The van der Waals surface area contributed by atoms with Crippen LogP contribution in [0.1, 0.15) is 13.0 Å². The molecule has 1 aromatic heterocycles. The molecule has 2 amide bonds. The predicted octanol–water partition coefficient (Wildman–Crippen LogP) is 0.971. The highest BCUT2D eigenvalue weighted by atomic mass is 16.6. The van der Waals surface area contributed by atoms with E-state index in [0.29, 0.717) is 19.8 Å². The van der Waals surface area contributed by atoms with Gasteiger partial charge in [-0.2, -0.15) is 0 Å². The van der Waals surface area contributed by atoms with Crippen LogP contribution in [0.25, 0.3) is 11.3 Å². The van der Waals surface area contributed by atoms with Gasteiger partial charge in [-0.3, -0.25) is 0 Å². The summed E-state index contributed by atoms with van der Waals surface area (Å²) in [7, 11) is 0.